The Labute approximate surface area is 115 Å². The van der Waals surface area contributed by atoms with Gasteiger partial charge in [0.25, 0.3) is 0 Å². The zero-order chi connectivity index (χ0) is 13.5. The molecule has 2 N–H and O–H groups in total. The van der Waals surface area contributed by atoms with E-state index in [1.54, 1.807) is 0 Å². The first-order valence-electron chi connectivity index (χ1n) is 7.37. The van der Waals surface area contributed by atoms with Crippen molar-refractivity contribution in [3.05, 3.63) is 23.9 Å². The van der Waals surface area contributed by atoms with E-state index in [1.165, 1.54) is 24.8 Å². The number of hydrogen-bond acceptors (Lipinski definition) is 4. The Bertz CT molecular complexity index is 366. The Morgan fingerprint density at radius 3 is 2.95 bits per heavy atom. The third-order valence-corrected chi connectivity index (χ3v) is 3.78. The van der Waals surface area contributed by atoms with Crippen LogP contribution >= 0.6 is 0 Å². The van der Waals surface area contributed by atoms with Crippen LogP contribution in [0.15, 0.2) is 18.3 Å². The molecule has 1 atom stereocenters. The lowest BCUT2D eigenvalue weighted by molar-refractivity contribution is 0.118. The van der Waals surface area contributed by atoms with Gasteiger partial charge in [0.2, 0.25) is 0 Å². The van der Waals surface area contributed by atoms with Crippen LogP contribution < -0.4 is 5.32 Å². The third-order valence-electron chi connectivity index (χ3n) is 3.78. The first-order valence-corrected chi connectivity index (χ1v) is 7.37. The van der Waals surface area contributed by atoms with E-state index in [2.05, 4.69) is 28.2 Å². The van der Waals surface area contributed by atoms with E-state index in [4.69, 9.17) is 0 Å². The van der Waals surface area contributed by atoms with Crippen molar-refractivity contribution in [3.63, 3.8) is 0 Å². The summed E-state index contributed by atoms with van der Waals surface area (Å²) in [6.45, 7) is 5.21. The van der Waals surface area contributed by atoms with E-state index in [1.807, 2.05) is 12.3 Å². The molecule has 1 unspecified atom stereocenters. The van der Waals surface area contributed by atoms with Gasteiger partial charge in [0, 0.05) is 25.3 Å². The van der Waals surface area contributed by atoms with Crippen molar-refractivity contribution in [2.45, 2.75) is 45.2 Å². The fourth-order valence-corrected chi connectivity index (χ4v) is 2.69. The van der Waals surface area contributed by atoms with Gasteiger partial charge in [0.15, 0.2) is 0 Å². The van der Waals surface area contributed by atoms with E-state index in [-0.39, 0.29) is 6.61 Å². The molecule has 4 heteroatoms. The quantitative estimate of drug-likeness (QED) is 0.855. The zero-order valence-corrected chi connectivity index (χ0v) is 11.8. The normalized spacial score (nSPS) is 21.1. The number of hydrogen-bond donors (Lipinski definition) is 2. The number of aliphatic hydroxyl groups excluding tert-OH is 1. The lowest BCUT2D eigenvalue weighted by atomic mass is 10.1. The monoisotopic (exact) mass is 263 g/mol. The van der Waals surface area contributed by atoms with Crippen molar-refractivity contribution in [3.8, 4) is 0 Å². The second-order valence-electron chi connectivity index (χ2n) is 5.24. The summed E-state index contributed by atoms with van der Waals surface area (Å²) < 4.78 is 0. The summed E-state index contributed by atoms with van der Waals surface area (Å²) in [6, 6.07) is 4.48. The number of likely N-dealkylation sites (tertiary alicyclic amines) is 1. The molecule has 0 aliphatic carbocycles. The Kier molecular flexibility index (Phi) is 5.61. The van der Waals surface area contributed by atoms with Crippen LogP contribution in [-0.4, -0.2) is 40.7 Å². The molecule has 0 aromatic carbocycles. The minimum absolute atomic E-state index is 0.267. The van der Waals surface area contributed by atoms with Crippen molar-refractivity contribution in [2.75, 3.05) is 25.0 Å². The molecule has 0 spiro atoms. The molecule has 0 saturated carbocycles. The van der Waals surface area contributed by atoms with Crippen LogP contribution in [0.2, 0.25) is 0 Å². The van der Waals surface area contributed by atoms with E-state index < -0.39 is 0 Å². The van der Waals surface area contributed by atoms with Crippen LogP contribution in [0.25, 0.3) is 0 Å². The summed E-state index contributed by atoms with van der Waals surface area (Å²) in [4.78, 5) is 6.81. The maximum Gasteiger partial charge on any atom is 0.125 e. The molecule has 1 saturated heterocycles. The summed E-state index contributed by atoms with van der Waals surface area (Å²) in [5, 5.41) is 12.7. The number of rotatable bonds is 5. The molecule has 4 nitrogen and oxygen atoms in total. The van der Waals surface area contributed by atoms with Crippen LogP contribution in [-0.2, 0) is 6.54 Å². The van der Waals surface area contributed by atoms with Gasteiger partial charge in [-0.2, -0.15) is 0 Å². The average molecular weight is 263 g/mol. The highest BCUT2D eigenvalue weighted by Crippen LogP contribution is 2.19. The van der Waals surface area contributed by atoms with Gasteiger partial charge in [-0.15, -0.1) is 0 Å². The summed E-state index contributed by atoms with van der Waals surface area (Å²) in [6.07, 6.45) is 6.81. The van der Waals surface area contributed by atoms with Gasteiger partial charge in [0.1, 0.15) is 5.82 Å². The van der Waals surface area contributed by atoms with Crippen molar-refractivity contribution < 1.29 is 5.11 Å². The number of aromatic nitrogens is 1. The molecule has 1 aromatic heterocycles. The number of anilines is 1. The molecule has 1 aromatic rings. The van der Waals surface area contributed by atoms with E-state index in [0.717, 1.165) is 31.9 Å². The standard InChI is InChI=1S/C15H25N3O/c1-2-16-15-8-7-13(10-17-15)11-18-9-5-3-4-6-14(18)12-19/h7-8,10,14,19H,2-6,9,11-12H2,1H3,(H,16,17). The maximum absolute atomic E-state index is 9.51. The van der Waals surface area contributed by atoms with E-state index >= 15 is 0 Å². The van der Waals surface area contributed by atoms with Gasteiger partial charge in [-0.05, 0) is 37.9 Å². The number of pyridine rings is 1. The van der Waals surface area contributed by atoms with Crippen molar-refractivity contribution in [1.82, 2.24) is 9.88 Å². The lowest BCUT2D eigenvalue weighted by Gasteiger charge is -2.28. The molecular formula is C15H25N3O. The molecule has 1 aliphatic heterocycles. The second-order valence-corrected chi connectivity index (χ2v) is 5.24. The van der Waals surface area contributed by atoms with E-state index in [9.17, 15) is 5.11 Å². The molecule has 106 valence electrons. The largest absolute Gasteiger partial charge is 0.395 e. The van der Waals surface area contributed by atoms with E-state index in [0.29, 0.717) is 6.04 Å². The van der Waals surface area contributed by atoms with Crippen molar-refractivity contribution >= 4 is 5.82 Å². The molecule has 2 rings (SSSR count). The Balaban J connectivity index is 1.97. The highest BCUT2D eigenvalue weighted by Gasteiger charge is 2.20. The first-order chi connectivity index (χ1) is 9.33. The van der Waals surface area contributed by atoms with Crippen LogP contribution in [0.5, 0.6) is 0 Å². The Morgan fingerprint density at radius 2 is 2.26 bits per heavy atom. The number of nitrogens with zero attached hydrogens (tertiary/aromatic N) is 2. The lowest BCUT2D eigenvalue weighted by Crippen LogP contribution is -2.36. The number of nitrogens with one attached hydrogen (secondary N) is 1. The predicted octanol–water partition coefficient (Wildman–Crippen LogP) is 2.25. The second kappa shape index (κ2) is 7.46. The summed E-state index contributed by atoms with van der Waals surface area (Å²) in [7, 11) is 0. The topological polar surface area (TPSA) is 48.4 Å². The third kappa shape index (κ3) is 4.18. The summed E-state index contributed by atoms with van der Waals surface area (Å²) >= 11 is 0. The predicted molar refractivity (Wildman–Crippen MR) is 78.2 cm³/mol. The average Bonchev–Trinajstić information content (AvgIpc) is 2.66. The van der Waals surface area contributed by atoms with Crippen LogP contribution in [0.1, 0.15) is 38.2 Å². The van der Waals surface area contributed by atoms with Crippen LogP contribution in [0.3, 0.4) is 0 Å². The van der Waals surface area contributed by atoms with Crippen molar-refractivity contribution in [1.29, 1.82) is 0 Å². The highest BCUT2D eigenvalue weighted by molar-refractivity contribution is 5.35. The molecule has 0 bridgehead atoms. The molecule has 1 fully saturated rings. The van der Waals surface area contributed by atoms with Crippen LogP contribution in [0, 0.1) is 0 Å². The molecule has 0 radical (unpaired) electrons. The highest BCUT2D eigenvalue weighted by atomic mass is 16.3. The summed E-state index contributed by atoms with van der Waals surface area (Å²) in [5.41, 5.74) is 1.22. The Morgan fingerprint density at radius 1 is 1.37 bits per heavy atom. The molecule has 1 aliphatic rings. The SMILES string of the molecule is CCNc1ccc(CN2CCCCCC2CO)cn1. The minimum atomic E-state index is 0.267. The zero-order valence-electron chi connectivity index (χ0n) is 11.8. The van der Waals surface area contributed by atoms with Crippen LogP contribution in [0.4, 0.5) is 5.82 Å². The van der Waals surface area contributed by atoms with Gasteiger partial charge in [-0.25, -0.2) is 4.98 Å². The molecule has 0 amide bonds. The van der Waals surface area contributed by atoms with Gasteiger partial charge < -0.3 is 10.4 Å². The molecule has 19 heavy (non-hydrogen) atoms. The maximum atomic E-state index is 9.51. The van der Waals surface area contributed by atoms with Gasteiger partial charge in [-0.1, -0.05) is 18.9 Å². The van der Waals surface area contributed by atoms with Gasteiger partial charge >= 0.3 is 0 Å². The smallest absolute Gasteiger partial charge is 0.125 e. The Hall–Kier alpha value is -1.13. The van der Waals surface area contributed by atoms with Gasteiger partial charge in [-0.3, -0.25) is 4.90 Å². The molecular weight excluding hydrogens is 238 g/mol. The summed E-state index contributed by atoms with van der Waals surface area (Å²) in [5.74, 6) is 0.931. The van der Waals surface area contributed by atoms with Crippen molar-refractivity contribution in [2.24, 2.45) is 0 Å². The number of aliphatic hydroxyl groups is 1. The minimum Gasteiger partial charge on any atom is -0.395 e. The fraction of sp³-hybridized carbons (Fsp3) is 0.667. The van der Waals surface area contributed by atoms with Gasteiger partial charge in [0.05, 0.1) is 6.61 Å². The fourth-order valence-electron chi connectivity index (χ4n) is 2.69. The first kappa shape index (κ1) is 14.3. The molecule has 2 heterocycles.